The van der Waals surface area contributed by atoms with Gasteiger partial charge in [0.1, 0.15) is 0 Å². The van der Waals surface area contributed by atoms with Crippen molar-refractivity contribution in [2.75, 3.05) is 10.6 Å². The van der Waals surface area contributed by atoms with Gasteiger partial charge in [-0.3, -0.25) is 9.59 Å². The van der Waals surface area contributed by atoms with Crippen LogP contribution in [0.3, 0.4) is 0 Å². The first-order chi connectivity index (χ1) is 10.4. The molecule has 0 bridgehead atoms. The molecule has 22 heavy (non-hydrogen) atoms. The lowest BCUT2D eigenvalue weighted by atomic mass is 10.2. The fraction of sp³-hybridized carbons (Fsp3) is 0.125. The molecule has 0 saturated heterocycles. The number of carbonyl (C=O) groups is 2. The second-order valence-electron chi connectivity index (χ2n) is 4.83. The molecule has 2 amide bonds. The third-order valence-electron chi connectivity index (χ3n) is 3.08. The molecule has 2 aromatic carbocycles. The van der Waals surface area contributed by atoms with Crippen molar-refractivity contribution in [2.45, 2.75) is 13.8 Å². The molecule has 0 aliphatic heterocycles. The number of benzene rings is 2. The highest BCUT2D eigenvalue weighted by Crippen LogP contribution is 2.21. The van der Waals surface area contributed by atoms with Gasteiger partial charge in [-0.1, -0.05) is 23.2 Å². The first kappa shape index (κ1) is 16.3. The normalized spacial score (nSPS) is 10.2. The first-order valence-electron chi connectivity index (χ1n) is 6.51. The largest absolute Gasteiger partial charge is 0.318 e. The van der Waals surface area contributed by atoms with Gasteiger partial charge in [-0.15, -0.1) is 0 Å². The highest BCUT2D eigenvalue weighted by atomic mass is 35.5. The molecular formula is C16H14Cl2N2O2. The molecule has 0 atom stereocenters. The zero-order valence-electron chi connectivity index (χ0n) is 12.0. The van der Waals surface area contributed by atoms with Crippen molar-refractivity contribution >= 4 is 46.4 Å². The van der Waals surface area contributed by atoms with Gasteiger partial charge in [0.15, 0.2) is 0 Å². The minimum atomic E-state index is -0.750. The molecule has 0 unspecified atom stereocenters. The average Bonchev–Trinajstić information content (AvgIpc) is 2.44. The molecule has 114 valence electrons. The van der Waals surface area contributed by atoms with Crippen molar-refractivity contribution in [3.63, 3.8) is 0 Å². The molecule has 2 aromatic rings. The lowest BCUT2D eigenvalue weighted by Gasteiger charge is -2.10. The van der Waals surface area contributed by atoms with E-state index in [1.54, 1.807) is 50.2 Å². The predicted molar refractivity (Wildman–Crippen MR) is 89.6 cm³/mol. The van der Waals surface area contributed by atoms with Gasteiger partial charge in [-0.05, 0) is 61.4 Å². The van der Waals surface area contributed by atoms with Crippen molar-refractivity contribution in [3.8, 4) is 0 Å². The van der Waals surface area contributed by atoms with E-state index in [0.717, 1.165) is 11.1 Å². The van der Waals surface area contributed by atoms with Gasteiger partial charge in [0, 0.05) is 21.4 Å². The summed E-state index contributed by atoms with van der Waals surface area (Å²) in [5, 5.41) is 6.24. The molecule has 0 fully saturated rings. The van der Waals surface area contributed by atoms with Crippen LogP contribution in [0.4, 0.5) is 11.4 Å². The Morgan fingerprint density at radius 2 is 1.14 bits per heavy atom. The number of nitrogens with one attached hydrogen (secondary N) is 2. The van der Waals surface area contributed by atoms with Gasteiger partial charge in [-0.25, -0.2) is 0 Å². The Hall–Kier alpha value is -2.04. The number of rotatable bonds is 2. The summed E-state index contributed by atoms with van der Waals surface area (Å²) in [5.41, 5.74) is 2.63. The minimum Gasteiger partial charge on any atom is -0.318 e. The van der Waals surface area contributed by atoms with Crippen LogP contribution in [0, 0.1) is 13.8 Å². The van der Waals surface area contributed by atoms with Crippen molar-refractivity contribution in [1.82, 2.24) is 0 Å². The van der Waals surface area contributed by atoms with E-state index < -0.39 is 11.8 Å². The van der Waals surface area contributed by atoms with Gasteiger partial charge in [0.05, 0.1) is 0 Å². The Bertz CT molecular complexity index is 681. The van der Waals surface area contributed by atoms with Gasteiger partial charge in [0.25, 0.3) is 0 Å². The molecule has 0 aliphatic rings. The van der Waals surface area contributed by atoms with E-state index >= 15 is 0 Å². The molecule has 0 saturated carbocycles. The molecule has 2 N–H and O–H groups in total. The summed E-state index contributed by atoms with van der Waals surface area (Å²) in [6.07, 6.45) is 0. The smallest absolute Gasteiger partial charge is 0.314 e. The Labute approximate surface area is 138 Å². The Kier molecular flexibility index (Phi) is 5.06. The summed E-state index contributed by atoms with van der Waals surface area (Å²) in [7, 11) is 0. The van der Waals surface area contributed by atoms with E-state index in [1.165, 1.54) is 0 Å². The van der Waals surface area contributed by atoms with Crippen LogP contribution in [-0.4, -0.2) is 11.8 Å². The van der Waals surface area contributed by atoms with Crippen LogP contribution < -0.4 is 10.6 Å². The number of carbonyl (C=O) groups excluding carboxylic acids is 2. The number of aryl methyl sites for hydroxylation is 2. The quantitative estimate of drug-likeness (QED) is 0.808. The molecule has 0 aliphatic carbocycles. The van der Waals surface area contributed by atoms with E-state index in [0.29, 0.717) is 21.4 Å². The van der Waals surface area contributed by atoms with E-state index in [1.807, 2.05) is 0 Å². The Morgan fingerprint density at radius 3 is 1.45 bits per heavy atom. The van der Waals surface area contributed by atoms with Crippen LogP contribution >= 0.6 is 23.2 Å². The summed E-state index contributed by atoms with van der Waals surface area (Å²) in [6, 6.07) is 10.0. The zero-order valence-corrected chi connectivity index (χ0v) is 13.5. The van der Waals surface area contributed by atoms with Crippen molar-refractivity contribution < 1.29 is 9.59 Å². The summed E-state index contributed by atoms with van der Waals surface area (Å²) in [4.78, 5) is 23.9. The molecule has 4 nitrogen and oxygen atoms in total. The van der Waals surface area contributed by atoms with E-state index in [-0.39, 0.29) is 0 Å². The number of amides is 2. The number of anilines is 2. The topological polar surface area (TPSA) is 58.2 Å². The summed E-state index contributed by atoms with van der Waals surface area (Å²) < 4.78 is 0. The fourth-order valence-electron chi connectivity index (χ4n) is 1.89. The zero-order chi connectivity index (χ0) is 16.3. The number of halogens is 2. The predicted octanol–water partition coefficient (Wildman–Crippen LogP) is 4.19. The highest BCUT2D eigenvalue weighted by molar-refractivity contribution is 6.44. The Balaban J connectivity index is 2.07. The maximum atomic E-state index is 11.9. The van der Waals surface area contributed by atoms with Crippen molar-refractivity contribution in [1.29, 1.82) is 0 Å². The maximum Gasteiger partial charge on any atom is 0.314 e. The van der Waals surface area contributed by atoms with E-state index in [4.69, 9.17) is 23.2 Å². The van der Waals surface area contributed by atoms with Crippen LogP contribution in [-0.2, 0) is 9.59 Å². The third kappa shape index (κ3) is 4.00. The second kappa shape index (κ2) is 6.81. The van der Waals surface area contributed by atoms with Crippen LogP contribution in [0.5, 0.6) is 0 Å². The molecule has 0 spiro atoms. The summed E-state index contributed by atoms with van der Waals surface area (Å²) >= 11 is 11.7. The molecule has 6 heteroatoms. The minimum absolute atomic E-state index is 0.539. The maximum absolute atomic E-state index is 11.9. The summed E-state index contributed by atoms with van der Waals surface area (Å²) in [5.74, 6) is -1.50. The number of hydrogen-bond donors (Lipinski definition) is 2. The average molecular weight is 337 g/mol. The summed E-state index contributed by atoms with van der Waals surface area (Å²) in [6.45, 7) is 3.59. The van der Waals surface area contributed by atoms with Crippen molar-refractivity contribution in [2.24, 2.45) is 0 Å². The standard InChI is InChI=1S/C16H14Cl2N2O2/c1-9-7-11(17)3-5-13(9)19-15(21)16(22)20-14-6-4-12(18)8-10(14)2/h3-8H,1-2H3,(H,19,21)(H,20,22). The molecule has 0 aromatic heterocycles. The van der Waals surface area contributed by atoms with E-state index in [9.17, 15) is 9.59 Å². The third-order valence-corrected chi connectivity index (χ3v) is 3.55. The molecule has 2 rings (SSSR count). The van der Waals surface area contributed by atoms with Crippen molar-refractivity contribution in [3.05, 3.63) is 57.6 Å². The van der Waals surface area contributed by atoms with Crippen LogP contribution in [0.25, 0.3) is 0 Å². The van der Waals surface area contributed by atoms with Gasteiger partial charge < -0.3 is 10.6 Å². The lowest BCUT2D eigenvalue weighted by molar-refractivity contribution is -0.133. The van der Waals surface area contributed by atoms with Gasteiger partial charge in [-0.2, -0.15) is 0 Å². The molecule has 0 radical (unpaired) electrons. The van der Waals surface area contributed by atoms with Gasteiger partial charge >= 0.3 is 11.8 Å². The molecular weight excluding hydrogens is 323 g/mol. The second-order valence-corrected chi connectivity index (χ2v) is 5.70. The lowest BCUT2D eigenvalue weighted by Crippen LogP contribution is -2.29. The highest BCUT2D eigenvalue weighted by Gasteiger charge is 2.16. The number of hydrogen-bond acceptors (Lipinski definition) is 2. The molecule has 0 heterocycles. The van der Waals surface area contributed by atoms with E-state index in [2.05, 4.69) is 10.6 Å². The van der Waals surface area contributed by atoms with Crippen LogP contribution in [0.15, 0.2) is 36.4 Å². The Morgan fingerprint density at radius 1 is 0.773 bits per heavy atom. The fourth-order valence-corrected chi connectivity index (χ4v) is 2.35. The van der Waals surface area contributed by atoms with Gasteiger partial charge in [0.2, 0.25) is 0 Å². The van der Waals surface area contributed by atoms with Crippen LogP contribution in [0.1, 0.15) is 11.1 Å². The monoisotopic (exact) mass is 336 g/mol. The van der Waals surface area contributed by atoms with Crippen LogP contribution in [0.2, 0.25) is 10.0 Å². The SMILES string of the molecule is Cc1cc(Cl)ccc1NC(=O)C(=O)Nc1ccc(Cl)cc1C. The first-order valence-corrected chi connectivity index (χ1v) is 7.27.